The number of hydrogen-bond donors (Lipinski definition) is 2. The SMILES string of the molecule is N#CC1(COc2nc(Br)cn3cc(C(=O)N4CC[C@]5(Cc6ccccc6CN5)[C@H](O)C4)nc23)CC1. The number of carbonyl (C=O) groups excluding carboxylic acids is 1. The molecular weight excluding hydrogens is 512 g/mol. The number of fused-ring (bicyclic) bond motifs is 2. The number of aromatic nitrogens is 3. The zero-order valence-electron chi connectivity index (χ0n) is 19.1. The molecule has 2 aliphatic heterocycles. The van der Waals surface area contributed by atoms with E-state index in [2.05, 4.69) is 49.4 Å². The third-order valence-electron chi connectivity index (χ3n) is 7.57. The number of ether oxygens (including phenoxy) is 1. The lowest BCUT2D eigenvalue weighted by Gasteiger charge is -2.48. The van der Waals surface area contributed by atoms with Crippen molar-refractivity contribution in [2.45, 2.75) is 43.9 Å². The number of piperidine rings is 1. The predicted octanol–water partition coefficient (Wildman–Crippen LogP) is 2.47. The first-order chi connectivity index (χ1) is 16.9. The smallest absolute Gasteiger partial charge is 0.274 e. The molecule has 1 aromatic carbocycles. The number of imidazole rings is 1. The van der Waals surface area contributed by atoms with Gasteiger partial charge in [0, 0.05) is 32.0 Å². The molecule has 1 spiro atoms. The molecule has 2 aromatic heterocycles. The van der Waals surface area contributed by atoms with Gasteiger partial charge in [0.25, 0.3) is 11.8 Å². The van der Waals surface area contributed by atoms with Crippen LogP contribution >= 0.6 is 15.9 Å². The highest BCUT2D eigenvalue weighted by atomic mass is 79.9. The van der Waals surface area contributed by atoms with Gasteiger partial charge in [-0.15, -0.1) is 0 Å². The molecule has 0 bridgehead atoms. The number of β-amino-alcohol motifs (C(OH)–C–C–N with tert-alkyl or cyclic N) is 1. The third kappa shape index (κ3) is 3.97. The van der Waals surface area contributed by atoms with Gasteiger partial charge in [0.2, 0.25) is 5.65 Å². The molecule has 6 rings (SSSR count). The number of likely N-dealkylation sites (tertiary alicyclic amines) is 1. The van der Waals surface area contributed by atoms with Crippen LogP contribution in [0.3, 0.4) is 0 Å². The second kappa shape index (κ2) is 8.29. The van der Waals surface area contributed by atoms with Gasteiger partial charge in [-0.2, -0.15) is 5.26 Å². The molecule has 3 aliphatic rings. The molecule has 0 radical (unpaired) electrons. The Labute approximate surface area is 210 Å². The summed E-state index contributed by atoms with van der Waals surface area (Å²) in [7, 11) is 0. The van der Waals surface area contributed by atoms with E-state index >= 15 is 0 Å². The molecule has 180 valence electrons. The van der Waals surface area contributed by atoms with E-state index in [9.17, 15) is 15.2 Å². The summed E-state index contributed by atoms with van der Waals surface area (Å²) in [6.07, 6.45) is 5.69. The Morgan fingerprint density at radius 1 is 1.26 bits per heavy atom. The van der Waals surface area contributed by atoms with Gasteiger partial charge in [-0.3, -0.25) is 9.20 Å². The van der Waals surface area contributed by atoms with Gasteiger partial charge in [-0.25, -0.2) is 9.97 Å². The van der Waals surface area contributed by atoms with E-state index in [1.807, 2.05) is 12.1 Å². The van der Waals surface area contributed by atoms with Crippen LogP contribution in [-0.4, -0.2) is 61.6 Å². The van der Waals surface area contributed by atoms with Gasteiger partial charge < -0.3 is 20.1 Å². The number of rotatable bonds is 4. The minimum atomic E-state index is -0.694. The van der Waals surface area contributed by atoms with Crippen LogP contribution in [0.2, 0.25) is 0 Å². The number of halogens is 1. The maximum absolute atomic E-state index is 13.4. The minimum Gasteiger partial charge on any atom is -0.473 e. The number of aliphatic hydroxyl groups is 1. The number of nitriles is 1. The Morgan fingerprint density at radius 2 is 2.06 bits per heavy atom. The Hall–Kier alpha value is -3.00. The van der Waals surface area contributed by atoms with E-state index in [1.165, 1.54) is 11.1 Å². The maximum Gasteiger partial charge on any atom is 0.274 e. The quantitative estimate of drug-likeness (QED) is 0.526. The van der Waals surface area contributed by atoms with E-state index in [1.54, 1.807) is 21.7 Å². The summed E-state index contributed by atoms with van der Waals surface area (Å²) in [6, 6.07) is 10.6. The molecule has 1 saturated carbocycles. The van der Waals surface area contributed by atoms with Crippen molar-refractivity contribution >= 4 is 27.5 Å². The number of amides is 1. The highest BCUT2D eigenvalue weighted by Crippen LogP contribution is 2.45. The fraction of sp³-hybridized carbons (Fsp3) is 0.440. The summed E-state index contributed by atoms with van der Waals surface area (Å²) < 4.78 is 8.10. The molecule has 1 amide bonds. The number of carbonyl (C=O) groups is 1. The monoisotopic (exact) mass is 536 g/mol. The Morgan fingerprint density at radius 3 is 2.80 bits per heavy atom. The van der Waals surface area contributed by atoms with Crippen molar-refractivity contribution in [1.29, 1.82) is 5.26 Å². The van der Waals surface area contributed by atoms with E-state index in [4.69, 9.17) is 4.74 Å². The summed E-state index contributed by atoms with van der Waals surface area (Å²) >= 11 is 3.38. The number of hydrogen-bond acceptors (Lipinski definition) is 7. The summed E-state index contributed by atoms with van der Waals surface area (Å²) in [5.41, 5.74) is 2.32. The Kier molecular flexibility index (Phi) is 5.32. The molecule has 0 unspecified atom stereocenters. The molecule has 35 heavy (non-hydrogen) atoms. The van der Waals surface area contributed by atoms with Crippen molar-refractivity contribution in [3.63, 3.8) is 0 Å². The van der Waals surface area contributed by atoms with E-state index < -0.39 is 17.1 Å². The molecule has 4 heterocycles. The Balaban J connectivity index is 1.20. The van der Waals surface area contributed by atoms with Gasteiger partial charge in [0.15, 0.2) is 0 Å². The van der Waals surface area contributed by atoms with Crippen molar-refractivity contribution in [3.8, 4) is 11.9 Å². The van der Waals surface area contributed by atoms with Crippen LogP contribution in [0.4, 0.5) is 0 Å². The summed E-state index contributed by atoms with van der Waals surface area (Å²) in [5.74, 6) is 0.0409. The zero-order valence-corrected chi connectivity index (χ0v) is 20.7. The van der Waals surface area contributed by atoms with Gasteiger partial charge in [-0.1, -0.05) is 24.3 Å². The van der Waals surface area contributed by atoms with Crippen molar-refractivity contribution in [1.82, 2.24) is 24.6 Å². The molecule has 1 saturated heterocycles. The summed E-state index contributed by atoms with van der Waals surface area (Å²) in [6.45, 7) is 1.72. The number of nitrogens with zero attached hydrogens (tertiary/aromatic N) is 5. The van der Waals surface area contributed by atoms with Crippen LogP contribution in [-0.2, 0) is 13.0 Å². The van der Waals surface area contributed by atoms with Crippen LogP contribution in [0.25, 0.3) is 5.65 Å². The van der Waals surface area contributed by atoms with Gasteiger partial charge in [0.05, 0.1) is 23.1 Å². The molecule has 1 aliphatic carbocycles. The average Bonchev–Trinajstić information content (AvgIpc) is 3.53. The average molecular weight is 537 g/mol. The maximum atomic E-state index is 13.4. The van der Waals surface area contributed by atoms with Gasteiger partial charge >= 0.3 is 0 Å². The lowest BCUT2D eigenvalue weighted by atomic mass is 9.76. The molecular formula is C25H25BrN6O3. The van der Waals surface area contributed by atoms with Gasteiger partial charge in [-0.05, 0) is 52.7 Å². The van der Waals surface area contributed by atoms with Crippen LogP contribution in [0, 0.1) is 16.7 Å². The molecule has 2 atom stereocenters. The second-order valence-corrected chi connectivity index (χ2v) is 10.7. The highest BCUT2D eigenvalue weighted by Gasteiger charge is 2.46. The second-order valence-electron chi connectivity index (χ2n) is 9.88. The van der Waals surface area contributed by atoms with Crippen molar-refractivity contribution in [2.24, 2.45) is 5.41 Å². The van der Waals surface area contributed by atoms with Gasteiger partial charge in [0.1, 0.15) is 16.9 Å². The molecule has 10 heteroatoms. The highest BCUT2D eigenvalue weighted by molar-refractivity contribution is 9.10. The lowest BCUT2D eigenvalue weighted by Crippen LogP contribution is -2.65. The first kappa shape index (κ1) is 22.5. The van der Waals surface area contributed by atoms with Crippen LogP contribution < -0.4 is 10.1 Å². The van der Waals surface area contributed by atoms with E-state index in [0.717, 1.165) is 19.3 Å². The molecule has 2 fully saturated rings. The zero-order chi connectivity index (χ0) is 24.2. The fourth-order valence-corrected chi connectivity index (χ4v) is 5.48. The first-order valence-corrected chi connectivity index (χ1v) is 12.6. The van der Waals surface area contributed by atoms with Crippen molar-refractivity contribution < 1.29 is 14.6 Å². The molecule has 3 aromatic rings. The van der Waals surface area contributed by atoms with E-state index in [-0.39, 0.29) is 30.6 Å². The van der Waals surface area contributed by atoms with Crippen LogP contribution in [0.15, 0.2) is 41.3 Å². The number of benzene rings is 1. The summed E-state index contributed by atoms with van der Waals surface area (Å²) in [5, 5.41) is 24.0. The topological polar surface area (TPSA) is 116 Å². The largest absolute Gasteiger partial charge is 0.473 e. The fourth-order valence-electron chi connectivity index (χ4n) is 5.10. The van der Waals surface area contributed by atoms with Crippen LogP contribution in [0.1, 0.15) is 40.9 Å². The molecule has 9 nitrogen and oxygen atoms in total. The molecule has 2 N–H and O–H groups in total. The number of aliphatic hydroxyl groups excluding tert-OH is 1. The standard InChI is InChI=1S/C25H25BrN6O3/c26-20-13-32-11-18(29-21(32)22(30-20)35-15-24(14-27)5-6-24)23(34)31-8-7-25(19(33)12-31)9-16-3-1-2-4-17(16)10-28-25/h1-4,11,13,19,28,33H,5-10,12,15H2/t19-,25+/m1/s1. The van der Waals surface area contributed by atoms with Crippen LogP contribution in [0.5, 0.6) is 5.88 Å². The van der Waals surface area contributed by atoms with Crippen molar-refractivity contribution in [2.75, 3.05) is 19.7 Å². The van der Waals surface area contributed by atoms with E-state index in [0.29, 0.717) is 29.8 Å². The summed E-state index contributed by atoms with van der Waals surface area (Å²) in [4.78, 5) is 23.9. The Bertz CT molecular complexity index is 1360. The first-order valence-electron chi connectivity index (χ1n) is 11.8. The third-order valence-corrected chi connectivity index (χ3v) is 7.96. The van der Waals surface area contributed by atoms with Crippen molar-refractivity contribution in [3.05, 3.63) is 58.1 Å². The predicted molar refractivity (Wildman–Crippen MR) is 130 cm³/mol. The minimum absolute atomic E-state index is 0.234. The number of nitrogens with one attached hydrogen (secondary N) is 1. The lowest BCUT2D eigenvalue weighted by molar-refractivity contribution is -0.0140. The normalized spacial score (nSPS) is 24.7.